The second-order valence-corrected chi connectivity index (χ2v) is 2.77. The first kappa shape index (κ1) is 11.0. The molecule has 0 amide bonds. The van der Waals surface area contributed by atoms with Gasteiger partial charge in [0.15, 0.2) is 0 Å². The van der Waals surface area contributed by atoms with E-state index in [0.717, 1.165) is 0 Å². The van der Waals surface area contributed by atoms with Gasteiger partial charge in [-0.1, -0.05) is 5.92 Å². The van der Waals surface area contributed by atoms with E-state index < -0.39 is 5.82 Å². The highest BCUT2D eigenvalue weighted by Gasteiger charge is 2.07. The third-order valence-corrected chi connectivity index (χ3v) is 1.72. The minimum atomic E-state index is -0.594. The Balaban J connectivity index is 3.12. The Morgan fingerprint density at radius 3 is 2.93 bits per heavy atom. The molecule has 0 aromatic heterocycles. The molecule has 1 aromatic rings. The molecule has 0 saturated carbocycles. The van der Waals surface area contributed by atoms with Crippen LogP contribution in [-0.2, 0) is 4.79 Å². The van der Waals surface area contributed by atoms with Crippen molar-refractivity contribution >= 4 is 11.8 Å². The molecule has 15 heavy (non-hydrogen) atoms. The van der Waals surface area contributed by atoms with E-state index in [4.69, 9.17) is 11.2 Å². The van der Waals surface area contributed by atoms with E-state index in [1.807, 2.05) is 0 Å². The number of isocyanates is 1. The Morgan fingerprint density at radius 2 is 2.33 bits per heavy atom. The zero-order valence-corrected chi connectivity index (χ0v) is 8.08. The maximum atomic E-state index is 13.2. The van der Waals surface area contributed by atoms with Gasteiger partial charge in [0.2, 0.25) is 6.08 Å². The normalized spacial score (nSPS) is 8.87. The average Bonchev–Trinajstić information content (AvgIpc) is 2.20. The van der Waals surface area contributed by atoms with Gasteiger partial charge >= 0.3 is 0 Å². The number of benzene rings is 1. The third-order valence-electron chi connectivity index (χ3n) is 1.72. The molecule has 76 valence electrons. The summed E-state index contributed by atoms with van der Waals surface area (Å²) in [5.41, 5.74) is 0.482. The Morgan fingerprint density at radius 1 is 1.60 bits per heavy atom. The molecule has 1 aromatic carbocycles. The van der Waals surface area contributed by atoms with Crippen LogP contribution in [0.4, 0.5) is 10.1 Å². The molecule has 0 unspecified atom stereocenters. The zero-order valence-electron chi connectivity index (χ0n) is 8.08. The van der Waals surface area contributed by atoms with E-state index >= 15 is 0 Å². The average molecular weight is 205 g/mol. The van der Waals surface area contributed by atoms with Crippen molar-refractivity contribution in [2.75, 3.05) is 6.61 Å². The Kier molecular flexibility index (Phi) is 3.61. The van der Waals surface area contributed by atoms with E-state index in [-0.39, 0.29) is 12.3 Å². The predicted octanol–water partition coefficient (Wildman–Crippen LogP) is 2.11. The smallest absolute Gasteiger partial charge is 0.240 e. The van der Waals surface area contributed by atoms with Crippen molar-refractivity contribution in [1.82, 2.24) is 0 Å². The summed E-state index contributed by atoms with van der Waals surface area (Å²) in [5, 5.41) is 0. The van der Waals surface area contributed by atoms with Crippen LogP contribution in [0.2, 0.25) is 0 Å². The Bertz CT molecular complexity index is 456. The topological polar surface area (TPSA) is 38.7 Å². The number of aryl methyl sites for hydroxylation is 1. The molecule has 0 radical (unpaired) electrons. The molecule has 0 bridgehead atoms. The lowest BCUT2D eigenvalue weighted by molar-refractivity contribution is 0.367. The molecular weight excluding hydrogens is 197 g/mol. The molecule has 3 nitrogen and oxygen atoms in total. The number of halogens is 1. The van der Waals surface area contributed by atoms with Crippen molar-refractivity contribution in [3.05, 3.63) is 23.5 Å². The summed E-state index contributed by atoms with van der Waals surface area (Å²) in [7, 11) is 0. The molecule has 1 rings (SSSR count). The molecule has 0 aliphatic carbocycles. The first-order valence-corrected chi connectivity index (χ1v) is 4.13. The monoisotopic (exact) mass is 205 g/mol. The Hall–Kier alpha value is -2.11. The molecule has 0 spiro atoms. The zero-order chi connectivity index (χ0) is 11.3. The van der Waals surface area contributed by atoms with Crippen LogP contribution >= 0.6 is 0 Å². The highest BCUT2D eigenvalue weighted by molar-refractivity contribution is 5.54. The summed E-state index contributed by atoms with van der Waals surface area (Å²) in [6.45, 7) is 1.75. The highest BCUT2D eigenvalue weighted by atomic mass is 19.1. The number of hydrogen-bond donors (Lipinski definition) is 0. The van der Waals surface area contributed by atoms with Crippen molar-refractivity contribution in [3.8, 4) is 18.1 Å². The van der Waals surface area contributed by atoms with Gasteiger partial charge in [-0.3, -0.25) is 0 Å². The number of nitrogens with zero attached hydrogens (tertiary/aromatic N) is 1. The number of hydrogen-bond acceptors (Lipinski definition) is 3. The lowest BCUT2D eigenvalue weighted by Crippen LogP contribution is -1.96. The van der Waals surface area contributed by atoms with Crippen LogP contribution in [0.1, 0.15) is 5.56 Å². The summed E-state index contributed by atoms with van der Waals surface area (Å²) in [6.07, 6.45) is 6.28. The van der Waals surface area contributed by atoms with Crippen LogP contribution in [0, 0.1) is 25.1 Å². The number of rotatable bonds is 3. The molecule has 0 aliphatic rings. The molecule has 0 saturated heterocycles. The van der Waals surface area contributed by atoms with Gasteiger partial charge in [-0.15, -0.1) is 6.42 Å². The first-order valence-electron chi connectivity index (χ1n) is 4.13. The minimum Gasteiger partial charge on any atom is -0.481 e. The summed E-state index contributed by atoms with van der Waals surface area (Å²) in [6, 6.07) is 2.54. The molecular formula is C11H8FNO2. The van der Waals surface area contributed by atoms with Crippen LogP contribution in [0.25, 0.3) is 0 Å². The number of aliphatic imine (C=N–C) groups is 1. The molecule has 4 heteroatoms. The van der Waals surface area contributed by atoms with Gasteiger partial charge in [0, 0.05) is 6.07 Å². The molecule has 0 N–H and O–H groups in total. The van der Waals surface area contributed by atoms with Crippen molar-refractivity contribution in [1.29, 1.82) is 0 Å². The summed E-state index contributed by atoms with van der Waals surface area (Å²) in [5.74, 6) is 2.10. The molecule has 0 atom stereocenters. The van der Waals surface area contributed by atoms with E-state index in [1.54, 1.807) is 6.92 Å². The Labute approximate surface area is 86.6 Å². The third kappa shape index (κ3) is 2.67. The summed E-state index contributed by atoms with van der Waals surface area (Å²) < 4.78 is 18.3. The number of ether oxygens (including phenoxy) is 1. The largest absolute Gasteiger partial charge is 0.481 e. The lowest BCUT2D eigenvalue weighted by Gasteiger charge is -2.07. The van der Waals surface area contributed by atoms with Crippen molar-refractivity contribution in [2.45, 2.75) is 6.92 Å². The van der Waals surface area contributed by atoms with Crippen LogP contribution in [0.3, 0.4) is 0 Å². The van der Waals surface area contributed by atoms with Gasteiger partial charge in [0.1, 0.15) is 23.9 Å². The second kappa shape index (κ2) is 4.94. The van der Waals surface area contributed by atoms with Gasteiger partial charge in [-0.05, 0) is 18.6 Å². The lowest BCUT2D eigenvalue weighted by atomic mass is 10.2. The van der Waals surface area contributed by atoms with E-state index in [2.05, 4.69) is 10.9 Å². The van der Waals surface area contributed by atoms with Gasteiger partial charge in [0.25, 0.3) is 0 Å². The quantitative estimate of drug-likeness (QED) is 0.430. The fourth-order valence-corrected chi connectivity index (χ4v) is 1.05. The minimum absolute atomic E-state index is 0.0801. The van der Waals surface area contributed by atoms with Crippen molar-refractivity contribution in [2.24, 2.45) is 4.99 Å². The van der Waals surface area contributed by atoms with Crippen molar-refractivity contribution in [3.63, 3.8) is 0 Å². The standard InChI is InChI=1S/C11H8FNO2/c1-3-4-15-11-6-10(13-7-14)9(12)5-8(11)2/h1,5-6H,4H2,2H3. The van der Waals surface area contributed by atoms with Crippen molar-refractivity contribution < 1.29 is 13.9 Å². The van der Waals surface area contributed by atoms with Gasteiger partial charge in [-0.25, -0.2) is 9.18 Å². The second-order valence-electron chi connectivity index (χ2n) is 2.77. The van der Waals surface area contributed by atoms with Crippen LogP contribution in [0.15, 0.2) is 17.1 Å². The summed E-state index contributed by atoms with van der Waals surface area (Å²) >= 11 is 0. The fraction of sp³-hybridized carbons (Fsp3) is 0.182. The number of terminal acetylenes is 1. The first-order chi connectivity index (χ1) is 7.19. The van der Waals surface area contributed by atoms with E-state index in [1.165, 1.54) is 18.2 Å². The molecule has 0 aliphatic heterocycles. The maximum Gasteiger partial charge on any atom is 0.240 e. The molecule has 0 fully saturated rings. The summed E-state index contributed by atoms with van der Waals surface area (Å²) in [4.78, 5) is 13.2. The maximum absolute atomic E-state index is 13.2. The van der Waals surface area contributed by atoms with Gasteiger partial charge in [-0.2, -0.15) is 4.99 Å². The van der Waals surface area contributed by atoms with E-state index in [0.29, 0.717) is 11.3 Å². The SMILES string of the molecule is C#CCOc1cc(N=C=O)c(F)cc1C. The highest BCUT2D eigenvalue weighted by Crippen LogP contribution is 2.27. The van der Waals surface area contributed by atoms with Crippen LogP contribution in [0.5, 0.6) is 5.75 Å². The van der Waals surface area contributed by atoms with E-state index in [9.17, 15) is 9.18 Å². The van der Waals surface area contributed by atoms with Crippen LogP contribution in [-0.4, -0.2) is 12.7 Å². The number of carbonyl (C=O) groups excluding carboxylic acids is 1. The molecule has 0 heterocycles. The predicted molar refractivity (Wildman–Crippen MR) is 53.2 cm³/mol. The van der Waals surface area contributed by atoms with Gasteiger partial charge in [0.05, 0.1) is 0 Å². The fourth-order valence-electron chi connectivity index (χ4n) is 1.05. The van der Waals surface area contributed by atoms with Crippen LogP contribution < -0.4 is 4.74 Å². The van der Waals surface area contributed by atoms with Gasteiger partial charge < -0.3 is 4.74 Å².